The highest BCUT2D eigenvalue weighted by Crippen LogP contribution is 2.52. The molecule has 1 aliphatic carbocycles. The van der Waals surface area contributed by atoms with Crippen LogP contribution in [-0.2, 0) is 5.41 Å². The lowest BCUT2D eigenvalue weighted by molar-refractivity contribution is 0.398. The van der Waals surface area contributed by atoms with Crippen molar-refractivity contribution in [3.63, 3.8) is 0 Å². The van der Waals surface area contributed by atoms with Gasteiger partial charge in [-0.1, -0.05) is 18.2 Å². The van der Waals surface area contributed by atoms with Crippen LogP contribution in [0.3, 0.4) is 0 Å². The molecule has 2 heteroatoms. The second kappa shape index (κ2) is 3.28. The third kappa shape index (κ3) is 1.30. The Morgan fingerprint density at radius 3 is 2.50 bits per heavy atom. The Labute approximate surface area is 85.1 Å². The SMILES string of the molecule is COc1ccccc1C1(C(C)N)CC1. The van der Waals surface area contributed by atoms with Gasteiger partial charge >= 0.3 is 0 Å². The first-order valence-corrected chi connectivity index (χ1v) is 5.10. The van der Waals surface area contributed by atoms with Gasteiger partial charge in [0.15, 0.2) is 0 Å². The van der Waals surface area contributed by atoms with Crippen LogP contribution in [0.1, 0.15) is 25.3 Å². The monoisotopic (exact) mass is 191 g/mol. The number of hydrogen-bond donors (Lipinski definition) is 1. The van der Waals surface area contributed by atoms with E-state index >= 15 is 0 Å². The number of benzene rings is 1. The van der Waals surface area contributed by atoms with Gasteiger partial charge in [0, 0.05) is 17.0 Å². The molecule has 0 heterocycles. The van der Waals surface area contributed by atoms with Gasteiger partial charge in [-0.25, -0.2) is 0 Å². The van der Waals surface area contributed by atoms with Crippen molar-refractivity contribution in [2.24, 2.45) is 5.73 Å². The zero-order valence-corrected chi connectivity index (χ0v) is 8.79. The molecular weight excluding hydrogens is 174 g/mol. The first-order chi connectivity index (χ1) is 6.70. The molecule has 1 atom stereocenters. The van der Waals surface area contributed by atoms with E-state index in [1.165, 1.54) is 18.4 Å². The van der Waals surface area contributed by atoms with Gasteiger partial charge in [-0.05, 0) is 25.8 Å². The average Bonchev–Trinajstić information content (AvgIpc) is 2.98. The van der Waals surface area contributed by atoms with E-state index in [0.717, 1.165) is 5.75 Å². The first kappa shape index (κ1) is 9.53. The van der Waals surface area contributed by atoms with Gasteiger partial charge in [-0.15, -0.1) is 0 Å². The van der Waals surface area contributed by atoms with Crippen molar-refractivity contribution in [3.8, 4) is 5.75 Å². The van der Waals surface area contributed by atoms with Gasteiger partial charge in [0.05, 0.1) is 7.11 Å². The number of ether oxygens (including phenoxy) is 1. The van der Waals surface area contributed by atoms with Crippen molar-refractivity contribution in [2.45, 2.75) is 31.2 Å². The molecule has 1 aromatic rings. The molecule has 0 aromatic heterocycles. The molecule has 2 nitrogen and oxygen atoms in total. The highest BCUT2D eigenvalue weighted by Gasteiger charge is 2.48. The standard InChI is InChI=1S/C12H17NO/c1-9(13)12(7-8-12)10-5-3-4-6-11(10)14-2/h3-6,9H,7-8,13H2,1-2H3. The Bertz CT molecular complexity index is 329. The minimum Gasteiger partial charge on any atom is -0.496 e. The Morgan fingerprint density at radius 1 is 1.36 bits per heavy atom. The summed E-state index contributed by atoms with van der Waals surface area (Å²) in [4.78, 5) is 0. The van der Waals surface area contributed by atoms with Crippen molar-refractivity contribution < 1.29 is 4.74 Å². The van der Waals surface area contributed by atoms with Crippen LogP contribution >= 0.6 is 0 Å². The first-order valence-electron chi connectivity index (χ1n) is 5.10. The van der Waals surface area contributed by atoms with E-state index in [-0.39, 0.29) is 11.5 Å². The van der Waals surface area contributed by atoms with Crippen LogP contribution in [0.15, 0.2) is 24.3 Å². The molecule has 0 aliphatic heterocycles. The fraction of sp³-hybridized carbons (Fsp3) is 0.500. The van der Waals surface area contributed by atoms with Crippen LogP contribution in [0, 0.1) is 0 Å². The minimum absolute atomic E-state index is 0.187. The molecule has 76 valence electrons. The van der Waals surface area contributed by atoms with E-state index < -0.39 is 0 Å². The topological polar surface area (TPSA) is 35.2 Å². The summed E-state index contributed by atoms with van der Waals surface area (Å²) in [5, 5.41) is 0. The van der Waals surface area contributed by atoms with E-state index in [1.54, 1.807) is 7.11 Å². The molecular formula is C12H17NO. The van der Waals surface area contributed by atoms with Gasteiger partial charge in [-0.3, -0.25) is 0 Å². The zero-order valence-electron chi connectivity index (χ0n) is 8.79. The predicted molar refractivity (Wildman–Crippen MR) is 57.6 cm³/mol. The van der Waals surface area contributed by atoms with E-state index in [1.807, 2.05) is 12.1 Å². The highest BCUT2D eigenvalue weighted by atomic mass is 16.5. The molecule has 14 heavy (non-hydrogen) atoms. The summed E-state index contributed by atoms with van der Waals surface area (Å²) < 4.78 is 5.37. The minimum atomic E-state index is 0.187. The van der Waals surface area contributed by atoms with Crippen LogP contribution in [0.4, 0.5) is 0 Å². The largest absolute Gasteiger partial charge is 0.496 e. The zero-order chi connectivity index (χ0) is 10.2. The quantitative estimate of drug-likeness (QED) is 0.793. The molecule has 1 aliphatic rings. The summed E-state index contributed by atoms with van der Waals surface area (Å²) in [6, 6.07) is 8.41. The molecule has 0 saturated heterocycles. The van der Waals surface area contributed by atoms with Gasteiger partial charge in [0.2, 0.25) is 0 Å². The summed E-state index contributed by atoms with van der Waals surface area (Å²) >= 11 is 0. The van der Waals surface area contributed by atoms with Crippen molar-refractivity contribution in [2.75, 3.05) is 7.11 Å². The number of nitrogens with two attached hydrogens (primary N) is 1. The van der Waals surface area contributed by atoms with Crippen LogP contribution in [-0.4, -0.2) is 13.2 Å². The molecule has 1 unspecified atom stereocenters. The molecule has 0 radical (unpaired) electrons. The Balaban J connectivity index is 2.41. The second-order valence-corrected chi connectivity index (χ2v) is 4.15. The number of rotatable bonds is 3. The number of para-hydroxylation sites is 1. The Kier molecular flexibility index (Phi) is 2.23. The molecule has 1 fully saturated rings. The van der Waals surface area contributed by atoms with Crippen LogP contribution in [0.5, 0.6) is 5.75 Å². The summed E-state index contributed by atoms with van der Waals surface area (Å²) in [7, 11) is 1.72. The lowest BCUT2D eigenvalue weighted by Crippen LogP contribution is -2.31. The maximum absolute atomic E-state index is 6.03. The van der Waals surface area contributed by atoms with Crippen LogP contribution in [0.2, 0.25) is 0 Å². The van der Waals surface area contributed by atoms with Gasteiger partial charge in [-0.2, -0.15) is 0 Å². The van der Waals surface area contributed by atoms with Crippen LogP contribution < -0.4 is 10.5 Å². The fourth-order valence-corrected chi connectivity index (χ4v) is 2.16. The molecule has 1 aromatic carbocycles. The summed E-state index contributed by atoms with van der Waals surface area (Å²) in [6.45, 7) is 2.08. The normalized spacial score (nSPS) is 20.2. The maximum Gasteiger partial charge on any atom is 0.122 e. The molecule has 0 bridgehead atoms. The molecule has 0 amide bonds. The maximum atomic E-state index is 6.03. The van der Waals surface area contributed by atoms with Crippen molar-refractivity contribution in [3.05, 3.63) is 29.8 Å². The average molecular weight is 191 g/mol. The Morgan fingerprint density at radius 2 is 2.00 bits per heavy atom. The summed E-state index contributed by atoms with van der Waals surface area (Å²) in [5.74, 6) is 0.974. The smallest absolute Gasteiger partial charge is 0.122 e. The van der Waals surface area contributed by atoms with Gasteiger partial charge in [0.1, 0.15) is 5.75 Å². The second-order valence-electron chi connectivity index (χ2n) is 4.15. The molecule has 1 saturated carbocycles. The van der Waals surface area contributed by atoms with Crippen molar-refractivity contribution in [1.82, 2.24) is 0 Å². The van der Waals surface area contributed by atoms with E-state index in [2.05, 4.69) is 19.1 Å². The summed E-state index contributed by atoms with van der Waals surface area (Å²) in [6.07, 6.45) is 2.37. The molecule has 2 N–H and O–H groups in total. The molecule has 0 spiro atoms. The Hall–Kier alpha value is -1.02. The van der Waals surface area contributed by atoms with Crippen LogP contribution in [0.25, 0.3) is 0 Å². The van der Waals surface area contributed by atoms with Crippen molar-refractivity contribution >= 4 is 0 Å². The lowest BCUT2D eigenvalue weighted by atomic mass is 9.89. The van der Waals surface area contributed by atoms with Gasteiger partial charge < -0.3 is 10.5 Å². The third-order valence-electron chi connectivity index (χ3n) is 3.30. The predicted octanol–water partition coefficient (Wildman–Crippen LogP) is 2.07. The number of methoxy groups -OCH3 is 1. The highest BCUT2D eigenvalue weighted by molar-refractivity contribution is 5.44. The van der Waals surface area contributed by atoms with E-state index in [4.69, 9.17) is 10.5 Å². The number of hydrogen-bond acceptors (Lipinski definition) is 2. The summed E-state index contributed by atoms with van der Waals surface area (Å²) in [5.41, 5.74) is 7.50. The lowest BCUT2D eigenvalue weighted by Gasteiger charge is -2.22. The van der Waals surface area contributed by atoms with E-state index in [0.29, 0.717) is 0 Å². The molecule has 2 rings (SSSR count). The van der Waals surface area contributed by atoms with Gasteiger partial charge in [0.25, 0.3) is 0 Å². The third-order valence-corrected chi connectivity index (χ3v) is 3.30. The van der Waals surface area contributed by atoms with E-state index in [9.17, 15) is 0 Å². The van der Waals surface area contributed by atoms with Crippen molar-refractivity contribution in [1.29, 1.82) is 0 Å². The fourth-order valence-electron chi connectivity index (χ4n) is 2.16.